The van der Waals surface area contributed by atoms with Crippen LogP contribution < -0.4 is 0 Å². The minimum atomic E-state index is -0.480. The highest BCUT2D eigenvalue weighted by Gasteiger charge is 2.08. The van der Waals surface area contributed by atoms with Crippen LogP contribution in [0.2, 0.25) is 0 Å². The molecule has 1 N–H and O–H groups in total. The molecule has 0 aromatic heterocycles. The van der Waals surface area contributed by atoms with Crippen molar-refractivity contribution in [2.24, 2.45) is 0 Å². The number of esters is 1. The van der Waals surface area contributed by atoms with Crippen molar-refractivity contribution in [1.82, 2.24) is 4.90 Å². The number of ether oxygens (including phenoxy) is 1. The second-order valence-electron chi connectivity index (χ2n) is 4.66. The van der Waals surface area contributed by atoms with Gasteiger partial charge in [-0.2, -0.15) is 0 Å². The first kappa shape index (κ1) is 16.1. The lowest BCUT2D eigenvalue weighted by atomic mass is 10.1. The Hall–Kier alpha value is -1.99. The van der Waals surface area contributed by atoms with Crippen LogP contribution in [0.4, 0.5) is 0 Å². The van der Waals surface area contributed by atoms with E-state index in [1.54, 1.807) is 19.1 Å². The fourth-order valence-electron chi connectivity index (χ4n) is 1.69. The average Bonchev–Trinajstić information content (AvgIpc) is 2.41. The number of nitrogens with zero attached hydrogens (tertiary/aromatic N) is 1. The van der Waals surface area contributed by atoms with Gasteiger partial charge in [-0.05, 0) is 45.0 Å². The molecule has 0 aliphatic rings. The Morgan fingerprint density at radius 1 is 1.40 bits per heavy atom. The zero-order valence-corrected chi connectivity index (χ0v) is 12.2. The predicted octanol–water partition coefficient (Wildman–Crippen LogP) is 1.82. The van der Waals surface area contributed by atoms with Gasteiger partial charge >= 0.3 is 5.97 Å². The van der Waals surface area contributed by atoms with Crippen LogP contribution in [-0.4, -0.2) is 42.2 Å². The van der Waals surface area contributed by atoms with E-state index in [9.17, 15) is 9.90 Å². The van der Waals surface area contributed by atoms with Gasteiger partial charge in [0.2, 0.25) is 0 Å². The van der Waals surface area contributed by atoms with Crippen LogP contribution in [0.5, 0.6) is 5.75 Å². The molecule has 0 heterocycles. The molecule has 1 rings (SSSR count). The number of phenolic OH excluding ortho intramolecular Hbond substituents is 1. The van der Waals surface area contributed by atoms with E-state index in [0.29, 0.717) is 13.2 Å². The minimum Gasteiger partial charge on any atom is -0.508 e. The molecule has 108 valence electrons. The van der Waals surface area contributed by atoms with Gasteiger partial charge in [-0.1, -0.05) is 18.1 Å². The van der Waals surface area contributed by atoms with Gasteiger partial charge in [0.05, 0.1) is 13.2 Å². The maximum absolute atomic E-state index is 11.1. The van der Waals surface area contributed by atoms with Crippen molar-refractivity contribution in [2.45, 2.75) is 26.3 Å². The van der Waals surface area contributed by atoms with Crippen LogP contribution in [0.1, 0.15) is 19.4 Å². The summed E-state index contributed by atoms with van der Waals surface area (Å²) in [5, 5.41) is 9.24. The molecule has 0 aliphatic carbocycles. The number of phenols is 1. The van der Waals surface area contributed by atoms with Crippen molar-refractivity contribution in [1.29, 1.82) is 0 Å². The summed E-state index contributed by atoms with van der Waals surface area (Å²) in [7, 11) is 1.96. The van der Waals surface area contributed by atoms with Crippen LogP contribution in [0, 0.1) is 11.8 Å². The van der Waals surface area contributed by atoms with Crippen LogP contribution >= 0.6 is 0 Å². The third-order valence-corrected chi connectivity index (χ3v) is 3.01. The predicted molar refractivity (Wildman–Crippen MR) is 78.3 cm³/mol. The highest BCUT2D eigenvalue weighted by Crippen LogP contribution is 2.12. The van der Waals surface area contributed by atoms with Crippen molar-refractivity contribution >= 4 is 5.97 Å². The molecule has 1 aromatic rings. The summed E-state index contributed by atoms with van der Waals surface area (Å²) in [5.74, 6) is 5.06. The Kier molecular flexibility index (Phi) is 6.61. The summed E-state index contributed by atoms with van der Waals surface area (Å²) in [6, 6.07) is 7.47. The normalized spacial score (nSPS) is 11.6. The Morgan fingerprint density at radius 3 is 2.65 bits per heavy atom. The summed E-state index contributed by atoms with van der Waals surface area (Å²) in [6.45, 7) is 4.71. The molecule has 20 heavy (non-hydrogen) atoms. The smallest absolute Gasteiger partial charge is 0.384 e. The number of rotatable bonds is 5. The van der Waals surface area contributed by atoms with E-state index in [0.717, 1.165) is 12.0 Å². The van der Waals surface area contributed by atoms with Gasteiger partial charge in [0, 0.05) is 12.0 Å². The Labute approximate surface area is 120 Å². The topological polar surface area (TPSA) is 49.8 Å². The molecule has 0 fully saturated rings. The average molecular weight is 275 g/mol. The van der Waals surface area contributed by atoms with Gasteiger partial charge in [0.25, 0.3) is 0 Å². The van der Waals surface area contributed by atoms with E-state index >= 15 is 0 Å². The molecular formula is C16H21NO3. The van der Waals surface area contributed by atoms with E-state index in [1.807, 2.05) is 19.2 Å². The van der Waals surface area contributed by atoms with Gasteiger partial charge in [0.15, 0.2) is 0 Å². The molecule has 0 radical (unpaired) electrons. The number of aromatic hydroxyl groups is 1. The summed E-state index contributed by atoms with van der Waals surface area (Å²) in [6.07, 6.45) is 0.859. The lowest BCUT2D eigenvalue weighted by Crippen LogP contribution is -2.31. The SMILES string of the molecule is CCOC(=O)C#CCN(C)[C@H](C)Cc1ccc(O)cc1. The standard InChI is InChI=1S/C16H21NO3/c1-4-20-16(19)6-5-11-17(3)13(2)12-14-7-9-15(18)10-8-14/h7-10,13,18H,4,11-12H2,1-3H3/t13-/m1/s1. The molecule has 1 atom stereocenters. The third-order valence-electron chi connectivity index (χ3n) is 3.01. The molecule has 0 amide bonds. The molecule has 4 heteroatoms. The lowest BCUT2D eigenvalue weighted by Gasteiger charge is -2.22. The maximum atomic E-state index is 11.1. The number of hydrogen-bond acceptors (Lipinski definition) is 4. The molecule has 0 bridgehead atoms. The van der Waals surface area contributed by atoms with Crippen molar-refractivity contribution in [3.05, 3.63) is 29.8 Å². The Bertz CT molecular complexity index is 485. The summed E-state index contributed by atoms with van der Waals surface area (Å²) < 4.78 is 4.74. The van der Waals surface area contributed by atoms with Crippen LogP contribution in [0.3, 0.4) is 0 Å². The lowest BCUT2D eigenvalue weighted by molar-refractivity contribution is -0.136. The molecule has 0 aliphatic heterocycles. The molecule has 1 aromatic carbocycles. The monoisotopic (exact) mass is 275 g/mol. The van der Waals surface area contributed by atoms with Crippen molar-refractivity contribution in [3.8, 4) is 17.6 Å². The highest BCUT2D eigenvalue weighted by molar-refractivity contribution is 5.88. The van der Waals surface area contributed by atoms with E-state index in [1.165, 1.54) is 0 Å². The van der Waals surface area contributed by atoms with Crippen molar-refractivity contribution in [2.75, 3.05) is 20.2 Å². The summed E-state index contributed by atoms with van der Waals surface area (Å²) in [5.41, 5.74) is 1.15. The van der Waals surface area contributed by atoms with Gasteiger partial charge < -0.3 is 9.84 Å². The fraction of sp³-hybridized carbons (Fsp3) is 0.438. The Balaban J connectivity index is 2.44. The number of carbonyl (C=O) groups excluding carboxylic acids is 1. The molecule has 4 nitrogen and oxygen atoms in total. The second kappa shape index (κ2) is 8.23. The van der Waals surface area contributed by atoms with Gasteiger partial charge in [-0.15, -0.1) is 0 Å². The quantitative estimate of drug-likeness (QED) is 0.506. The molecule has 0 unspecified atom stereocenters. The van der Waals surface area contributed by atoms with Gasteiger partial charge in [-0.25, -0.2) is 4.79 Å². The third kappa shape index (κ3) is 5.77. The maximum Gasteiger partial charge on any atom is 0.384 e. The largest absolute Gasteiger partial charge is 0.508 e. The molecule has 0 saturated heterocycles. The number of carbonyl (C=O) groups is 1. The number of benzene rings is 1. The van der Waals surface area contributed by atoms with E-state index in [-0.39, 0.29) is 11.8 Å². The first-order valence-corrected chi connectivity index (χ1v) is 6.66. The summed E-state index contributed by atoms with van der Waals surface area (Å²) in [4.78, 5) is 13.1. The van der Waals surface area contributed by atoms with Crippen molar-refractivity contribution < 1.29 is 14.6 Å². The fourth-order valence-corrected chi connectivity index (χ4v) is 1.69. The van der Waals surface area contributed by atoms with E-state index < -0.39 is 5.97 Å². The minimum absolute atomic E-state index is 0.273. The van der Waals surface area contributed by atoms with E-state index in [4.69, 9.17) is 4.74 Å². The number of likely N-dealkylation sites (N-methyl/N-ethyl adjacent to an activating group) is 1. The zero-order chi connectivity index (χ0) is 15.0. The van der Waals surface area contributed by atoms with Crippen LogP contribution in [-0.2, 0) is 16.0 Å². The zero-order valence-electron chi connectivity index (χ0n) is 12.2. The van der Waals surface area contributed by atoms with Crippen molar-refractivity contribution in [3.63, 3.8) is 0 Å². The first-order valence-electron chi connectivity index (χ1n) is 6.66. The van der Waals surface area contributed by atoms with Crippen LogP contribution in [0.15, 0.2) is 24.3 Å². The van der Waals surface area contributed by atoms with Crippen LogP contribution in [0.25, 0.3) is 0 Å². The molecular weight excluding hydrogens is 254 g/mol. The van der Waals surface area contributed by atoms with E-state index in [2.05, 4.69) is 23.7 Å². The summed E-state index contributed by atoms with van der Waals surface area (Å²) >= 11 is 0. The molecule has 0 spiro atoms. The molecule has 0 saturated carbocycles. The Morgan fingerprint density at radius 2 is 2.05 bits per heavy atom. The number of hydrogen-bond donors (Lipinski definition) is 1. The second-order valence-corrected chi connectivity index (χ2v) is 4.66. The van der Waals surface area contributed by atoms with Gasteiger partial charge in [-0.3, -0.25) is 4.90 Å². The van der Waals surface area contributed by atoms with Gasteiger partial charge in [0.1, 0.15) is 5.75 Å². The first-order chi connectivity index (χ1) is 9.52. The highest BCUT2D eigenvalue weighted by atomic mass is 16.5.